The smallest absolute Gasteiger partial charge is 0.124 e. The van der Waals surface area contributed by atoms with E-state index in [0.717, 1.165) is 24.2 Å². The van der Waals surface area contributed by atoms with Gasteiger partial charge in [-0.1, -0.05) is 32.0 Å². The summed E-state index contributed by atoms with van der Waals surface area (Å²) in [7, 11) is 0. The Kier molecular flexibility index (Phi) is 5.16. The molecule has 0 saturated heterocycles. The minimum atomic E-state index is -0.278. The maximum absolute atomic E-state index is 9.15. The van der Waals surface area contributed by atoms with Gasteiger partial charge in [0.05, 0.1) is 19.0 Å². The van der Waals surface area contributed by atoms with Gasteiger partial charge in [-0.15, -0.1) is 0 Å². The van der Waals surface area contributed by atoms with Crippen LogP contribution in [0, 0.1) is 10.8 Å². The number of aliphatic hydroxyl groups is 1. The van der Waals surface area contributed by atoms with Gasteiger partial charge in [-0.2, -0.15) is 0 Å². The third kappa shape index (κ3) is 4.04. The van der Waals surface area contributed by atoms with Crippen LogP contribution in [-0.2, 0) is 6.61 Å². The zero-order valence-electron chi connectivity index (χ0n) is 11.1. The molecule has 4 heteroatoms. The molecular weight excluding hydrogens is 228 g/mol. The molecule has 0 heterocycles. The molecule has 0 atom stereocenters. The molecule has 1 aromatic carbocycles. The van der Waals surface area contributed by atoms with Gasteiger partial charge in [0.25, 0.3) is 0 Å². The first kappa shape index (κ1) is 14.5. The van der Waals surface area contributed by atoms with Crippen LogP contribution < -0.4 is 10.5 Å². The van der Waals surface area contributed by atoms with Crippen LogP contribution in [0.5, 0.6) is 5.75 Å². The number of para-hydroxylation sites is 1. The molecule has 0 aliphatic rings. The van der Waals surface area contributed by atoms with E-state index in [9.17, 15) is 0 Å². The Balaban J connectivity index is 2.41. The first-order chi connectivity index (χ1) is 8.47. The molecule has 0 bridgehead atoms. The molecule has 4 N–H and O–H groups in total. The van der Waals surface area contributed by atoms with Gasteiger partial charge in [0.1, 0.15) is 5.75 Å². The fourth-order valence-corrected chi connectivity index (χ4v) is 1.61. The Hall–Kier alpha value is -1.55. The molecule has 0 amide bonds. The average molecular weight is 250 g/mol. The zero-order chi connectivity index (χ0) is 13.6. The molecule has 4 nitrogen and oxygen atoms in total. The van der Waals surface area contributed by atoms with E-state index in [1.165, 1.54) is 0 Å². The lowest BCUT2D eigenvalue weighted by molar-refractivity contribution is 0.255. The molecule has 0 saturated carbocycles. The van der Waals surface area contributed by atoms with Crippen molar-refractivity contribution in [3.05, 3.63) is 29.8 Å². The minimum absolute atomic E-state index is 0.0187. The molecule has 1 aromatic rings. The Morgan fingerprint density at radius 2 is 2.06 bits per heavy atom. The summed E-state index contributed by atoms with van der Waals surface area (Å²) < 4.78 is 5.63. The molecular formula is C14H22N2O2. The predicted octanol–water partition coefficient (Wildman–Crippen LogP) is 2.30. The fraction of sp³-hybridized carbons (Fsp3) is 0.500. The normalized spacial score (nSPS) is 11.3. The van der Waals surface area contributed by atoms with E-state index in [2.05, 4.69) is 0 Å². The van der Waals surface area contributed by atoms with Gasteiger partial charge in [0.2, 0.25) is 0 Å². The average Bonchev–Trinajstić information content (AvgIpc) is 2.35. The summed E-state index contributed by atoms with van der Waals surface area (Å²) in [5.74, 6) is 0.930. The highest BCUT2D eigenvalue weighted by Crippen LogP contribution is 2.23. The summed E-state index contributed by atoms with van der Waals surface area (Å²) in [5.41, 5.74) is 6.04. The Morgan fingerprint density at radius 3 is 2.67 bits per heavy atom. The molecule has 0 fully saturated rings. The minimum Gasteiger partial charge on any atom is -0.493 e. The van der Waals surface area contributed by atoms with Crippen molar-refractivity contribution in [2.45, 2.75) is 33.3 Å². The van der Waals surface area contributed by atoms with Crippen LogP contribution in [0.3, 0.4) is 0 Å². The van der Waals surface area contributed by atoms with E-state index < -0.39 is 0 Å². The second-order valence-electron chi connectivity index (χ2n) is 5.02. The van der Waals surface area contributed by atoms with Crippen molar-refractivity contribution in [3.8, 4) is 5.75 Å². The van der Waals surface area contributed by atoms with Gasteiger partial charge in [-0.05, 0) is 18.9 Å². The van der Waals surface area contributed by atoms with Crippen molar-refractivity contribution in [1.82, 2.24) is 0 Å². The Morgan fingerprint density at radius 1 is 1.39 bits per heavy atom. The van der Waals surface area contributed by atoms with Crippen LogP contribution in [0.2, 0.25) is 0 Å². The van der Waals surface area contributed by atoms with E-state index in [0.29, 0.717) is 6.61 Å². The quantitative estimate of drug-likeness (QED) is 0.394. The topological polar surface area (TPSA) is 79.3 Å². The second kappa shape index (κ2) is 6.40. The van der Waals surface area contributed by atoms with E-state index >= 15 is 0 Å². The summed E-state index contributed by atoms with van der Waals surface area (Å²) in [5, 5.41) is 16.6. The highest BCUT2D eigenvalue weighted by Gasteiger charge is 2.20. The number of amidine groups is 1. The number of ether oxygens (including phenoxy) is 1. The van der Waals surface area contributed by atoms with Gasteiger partial charge in [-0.3, -0.25) is 5.41 Å². The molecule has 1 rings (SSSR count). The SMILES string of the molecule is CC(C)(CCCOc1ccccc1CO)C(=N)N. The first-order valence-electron chi connectivity index (χ1n) is 6.13. The highest BCUT2D eigenvalue weighted by atomic mass is 16.5. The number of nitrogens with two attached hydrogens (primary N) is 1. The third-order valence-corrected chi connectivity index (χ3v) is 3.08. The highest BCUT2D eigenvalue weighted by molar-refractivity contribution is 5.82. The van der Waals surface area contributed by atoms with Gasteiger partial charge in [-0.25, -0.2) is 0 Å². The molecule has 0 unspecified atom stereocenters. The lowest BCUT2D eigenvalue weighted by Crippen LogP contribution is -2.31. The van der Waals surface area contributed by atoms with Crippen molar-refractivity contribution >= 4 is 5.84 Å². The van der Waals surface area contributed by atoms with Crippen LogP contribution in [0.15, 0.2) is 24.3 Å². The van der Waals surface area contributed by atoms with Crippen LogP contribution in [-0.4, -0.2) is 17.5 Å². The fourth-order valence-electron chi connectivity index (χ4n) is 1.61. The number of aliphatic hydroxyl groups excluding tert-OH is 1. The lowest BCUT2D eigenvalue weighted by atomic mass is 9.87. The van der Waals surface area contributed by atoms with Crippen LogP contribution >= 0.6 is 0 Å². The predicted molar refractivity (Wildman–Crippen MR) is 72.8 cm³/mol. The number of hydrogen-bond donors (Lipinski definition) is 3. The van der Waals surface area contributed by atoms with Crippen molar-refractivity contribution in [2.24, 2.45) is 11.1 Å². The molecule has 0 aromatic heterocycles. The summed E-state index contributed by atoms with van der Waals surface area (Å²) in [6.45, 7) is 4.46. The largest absolute Gasteiger partial charge is 0.493 e. The van der Waals surface area contributed by atoms with Crippen molar-refractivity contribution in [2.75, 3.05) is 6.61 Å². The lowest BCUT2D eigenvalue weighted by Gasteiger charge is -2.22. The molecule has 0 spiro atoms. The van der Waals surface area contributed by atoms with Crippen molar-refractivity contribution < 1.29 is 9.84 Å². The summed E-state index contributed by atoms with van der Waals surface area (Å²) in [6, 6.07) is 7.45. The van der Waals surface area contributed by atoms with Crippen molar-refractivity contribution in [3.63, 3.8) is 0 Å². The maximum atomic E-state index is 9.15. The number of rotatable bonds is 7. The molecule has 100 valence electrons. The van der Waals surface area contributed by atoms with Crippen LogP contribution in [0.25, 0.3) is 0 Å². The Bertz CT molecular complexity index is 403. The molecule has 0 radical (unpaired) electrons. The second-order valence-corrected chi connectivity index (χ2v) is 5.02. The number of hydrogen-bond acceptors (Lipinski definition) is 3. The molecule has 0 aliphatic heterocycles. The van der Waals surface area contributed by atoms with Gasteiger partial charge < -0.3 is 15.6 Å². The van der Waals surface area contributed by atoms with Gasteiger partial charge in [0, 0.05) is 11.0 Å². The molecule has 0 aliphatic carbocycles. The van der Waals surface area contributed by atoms with E-state index in [4.69, 9.17) is 21.0 Å². The van der Waals surface area contributed by atoms with Crippen molar-refractivity contribution in [1.29, 1.82) is 5.41 Å². The van der Waals surface area contributed by atoms with E-state index in [1.807, 2.05) is 38.1 Å². The monoisotopic (exact) mass is 250 g/mol. The molecule has 18 heavy (non-hydrogen) atoms. The zero-order valence-corrected chi connectivity index (χ0v) is 11.1. The number of benzene rings is 1. The summed E-state index contributed by atoms with van der Waals surface area (Å²) in [6.07, 6.45) is 1.63. The maximum Gasteiger partial charge on any atom is 0.124 e. The number of nitrogens with one attached hydrogen (secondary N) is 1. The Labute approximate surface area is 108 Å². The van der Waals surface area contributed by atoms with Crippen LogP contribution in [0.1, 0.15) is 32.3 Å². The summed E-state index contributed by atoms with van der Waals surface area (Å²) >= 11 is 0. The van der Waals surface area contributed by atoms with Gasteiger partial charge in [0.15, 0.2) is 0 Å². The van der Waals surface area contributed by atoms with E-state index in [-0.39, 0.29) is 17.9 Å². The third-order valence-electron chi connectivity index (χ3n) is 3.08. The van der Waals surface area contributed by atoms with Crippen LogP contribution in [0.4, 0.5) is 0 Å². The van der Waals surface area contributed by atoms with E-state index in [1.54, 1.807) is 0 Å². The first-order valence-corrected chi connectivity index (χ1v) is 6.13. The standard InChI is InChI=1S/C14H22N2O2/c1-14(2,13(15)16)8-5-9-18-12-7-4-3-6-11(12)10-17/h3-4,6-7,17H,5,8-10H2,1-2H3,(H3,15,16). The van der Waals surface area contributed by atoms with Gasteiger partial charge >= 0.3 is 0 Å². The summed E-state index contributed by atoms with van der Waals surface area (Å²) in [4.78, 5) is 0.